The van der Waals surface area contributed by atoms with Crippen LogP contribution in [0.2, 0.25) is 0 Å². The van der Waals surface area contributed by atoms with Gasteiger partial charge in [-0.05, 0) is 56.0 Å². The molecular formula is C28H30FN3O4S2. The minimum Gasteiger partial charge on any atom is -0.355 e. The van der Waals surface area contributed by atoms with Crippen molar-refractivity contribution in [3.63, 3.8) is 0 Å². The first-order valence-corrected chi connectivity index (χ1v) is 15.1. The van der Waals surface area contributed by atoms with Gasteiger partial charge >= 0.3 is 0 Å². The maximum atomic E-state index is 14.0. The van der Waals surface area contributed by atoms with E-state index >= 15 is 0 Å². The Kier molecular flexibility index (Phi) is 7.74. The fourth-order valence-corrected chi connectivity index (χ4v) is 7.76. The maximum absolute atomic E-state index is 14.0. The molecule has 7 nitrogen and oxygen atoms in total. The Labute approximate surface area is 226 Å². The molecular weight excluding hydrogens is 525 g/mol. The van der Waals surface area contributed by atoms with Crippen molar-refractivity contribution in [3.8, 4) is 0 Å². The van der Waals surface area contributed by atoms with Gasteiger partial charge in [-0.2, -0.15) is 4.31 Å². The molecule has 10 heteroatoms. The summed E-state index contributed by atoms with van der Waals surface area (Å²) in [6.45, 7) is 4.81. The Balaban J connectivity index is 1.32. The minimum atomic E-state index is -3.93. The summed E-state index contributed by atoms with van der Waals surface area (Å²) in [5.41, 5.74) is 1.49. The van der Waals surface area contributed by atoms with Gasteiger partial charge in [0.15, 0.2) is 10.7 Å². The molecule has 3 aromatic rings. The number of benzene rings is 2. The minimum absolute atomic E-state index is 0.0258. The zero-order valence-corrected chi connectivity index (χ0v) is 23.0. The first kappa shape index (κ1) is 26.6. The zero-order valence-electron chi connectivity index (χ0n) is 21.3. The molecule has 2 aromatic carbocycles. The van der Waals surface area contributed by atoms with Crippen LogP contribution in [0.4, 0.5) is 10.1 Å². The number of rotatable bonds is 5. The number of aryl methyl sites for hydroxylation is 1. The molecule has 1 saturated heterocycles. The van der Waals surface area contributed by atoms with Crippen LogP contribution in [0.3, 0.4) is 0 Å². The molecule has 0 spiro atoms. The molecule has 0 radical (unpaired) electrons. The van der Waals surface area contributed by atoms with Crippen molar-refractivity contribution in [2.45, 2.75) is 36.5 Å². The highest BCUT2D eigenvalue weighted by molar-refractivity contribution is 7.99. The molecule has 1 atom stereocenters. The lowest BCUT2D eigenvalue weighted by atomic mass is 9.95. The summed E-state index contributed by atoms with van der Waals surface area (Å²) < 4.78 is 48.0. The third-order valence-electron chi connectivity index (χ3n) is 6.99. The number of nitrogens with zero attached hydrogens (tertiary/aromatic N) is 3. The van der Waals surface area contributed by atoms with E-state index in [1.165, 1.54) is 22.5 Å². The van der Waals surface area contributed by atoms with Gasteiger partial charge in [0.25, 0.3) is 0 Å². The van der Waals surface area contributed by atoms with Crippen molar-refractivity contribution < 1.29 is 22.1 Å². The Bertz CT molecular complexity index is 1460. The van der Waals surface area contributed by atoms with Crippen LogP contribution in [-0.4, -0.2) is 49.2 Å². The second kappa shape index (κ2) is 11.0. The van der Waals surface area contributed by atoms with Gasteiger partial charge in [-0.1, -0.05) is 42.4 Å². The standard InChI is InChI=1S/C28H30FN3O4S2/c1-19-17-32(24-9-5-6-10-26(24)37-18-19)28(33)22-13-15-31(16-14-22)38(34,35)27-20(2)30-36-25(27)12-11-21-7-3-4-8-23(21)29/h3-12,19,22H,13-18H2,1-2H3/b12-11+. The predicted octanol–water partition coefficient (Wildman–Crippen LogP) is 5.47. The molecule has 200 valence electrons. The Morgan fingerprint density at radius 3 is 2.58 bits per heavy atom. The number of aromatic nitrogens is 1. The molecule has 1 aromatic heterocycles. The Morgan fingerprint density at radius 2 is 1.82 bits per heavy atom. The number of hydrogen-bond acceptors (Lipinski definition) is 6. The first-order chi connectivity index (χ1) is 18.3. The summed E-state index contributed by atoms with van der Waals surface area (Å²) in [5.74, 6) is 0.729. The van der Waals surface area contributed by atoms with E-state index in [1.807, 2.05) is 29.2 Å². The van der Waals surface area contributed by atoms with Crippen LogP contribution in [0, 0.1) is 24.6 Å². The number of amides is 1. The molecule has 3 heterocycles. The van der Waals surface area contributed by atoms with Gasteiger partial charge in [-0.3, -0.25) is 4.79 Å². The Hall–Kier alpha value is -2.95. The lowest BCUT2D eigenvalue weighted by Crippen LogP contribution is -2.45. The lowest BCUT2D eigenvalue weighted by molar-refractivity contribution is -0.123. The summed E-state index contributed by atoms with van der Waals surface area (Å²) in [4.78, 5) is 16.6. The van der Waals surface area contributed by atoms with Crippen LogP contribution < -0.4 is 4.90 Å². The maximum Gasteiger partial charge on any atom is 0.248 e. The van der Waals surface area contributed by atoms with E-state index in [4.69, 9.17) is 4.52 Å². The molecule has 1 unspecified atom stereocenters. The molecule has 2 aliphatic heterocycles. The average Bonchev–Trinajstić information content (AvgIpc) is 3.22. The predicted molar refractivity (Wildman–Crippen MR) is 147 cm³/mol. The number of piperidine rings is 1. The molecule has 0 bridgehead atoms. The van der Waals surface area contributed by atoms with Crippen LogP contribution in [0.5, 0.6) is 0 Å². The summed E-state index contributed by atoms with van der Waals surface area (Å²) in [6, 6.07) is 14.2. The summed E-state index contributed by atoms with van der Waals surface area (Å²) in [6.07, 6.45) is 3.76. The van der Waals surface area contributed by atoms with Crippen molar-refractivity contribution in [1.29, 1.82) is 0 Å². The van der Waals surface area contributed by atoms with E-state index in [1.54, 1.807) is 36.9 Å². The van der Waals surface area contributed by atoms with E-state index in [2.05, 4.69) is 12.1 Å². The summed E-state index contributed by atoms with van der Waals surface area (Å²) >= 11 is 1.77. The Morgan fingerprint density at radius 1 is 1.11 bits per heavy atom. The van der Waals surface area contributed by atoms with Crippen LogP contribution in [-0.2, 0) is 14.8 Å². The normalized spacial score (nSPS) is 19.4. The number of halogens is 1. The summed E-state index contributed by atoms with van der Waals surface area (Å²) in [7, 11) is -3.93. The van der Waals surface area contributed by atoms with Crippen molar-refractivity contribution in [3.05, 3.63) is 71.4 Å². The number of para-hydroxylation sites is 1. The highest BCUT2D eigenvalue weighted by Gasteiger charge is 2.38. The third-order valence-corrected chi connectivity index (χ3v) is 10.4. The fraction of sp³-hybridized carbons (Fsp3) is 0.357. The molecule has 1 fully saturated rings. The number of carbonyl (C=O) groups excluding carboxylic acids is 1. The number of thioether (sulfide) groups is 1. The van der Waals surface area contributed by atoms with Crippen LogP contribution in [0.25, 0.3) is 12.2 Å². The van der Waals surface area contributed by atoms with Crippen LogP contribution in [0.15, 0.2) is 62.8 Å². The number of sulfonamides is 1. The van der Waals surface area contributed by atoms with Crippen molar-refractivity contribution >= 4 is 45.5 Å². The van der Waals surface area contributed by atoms with Gasteiger partial charge in [-0.25, -0.2) is 12.8 Å². The molecule has 5 rings (SSSR count). The largest absolute Gasteiger partial charge is 0.355 e. The van der Waals surface area contributed by atoms with Gasteiger partial charge in [0.1, 0.15) is 11.5 Å². The zero-order chi connectivity index (χ0) is 26.9. The quantitative estimate of drug-likeness (QED) is 0.415. The number of hydrogen-bond donors (Lipinski definition) is 0. The van der Waals surface area contributed by atoms with Gasteiger partial charge in [-0.15, -0.1) is 11.8 Å². The van der Waals surface area contributed by atoms with E-state index in [9.17, 15) is 17.6 Å². The van der Waals surface area contributed by atoms with E-state index in [-0.39, 0.29) is 41.3 Å². The van der Waals surface area contributed by atoms with E-state index in [0.29, 0.717) is 30.9 Å². The lowest BCUT2D eigenvalue weighted by Gasteiger charge is -2.34. The molecule has 0 N–H and O–H groups in total. The fourth-order valence-electron chi connectivity index (χ4n) is 4.97. The SMILES string of the molecule is Cc1noc(/C=C/c2ccccc2F)c1S(=O)(=O)N1CCC(C(=O)N2CC(C)CSc3ccccc32)CC1. The highest BCUT2D eigenvalue weighted by Crippen LogP contribution is 2.37. The monoisotopic (exact) mass is 555 g/mol. The number of fused-ring (bicyclic) bond motifs is 1. The molecule has 0 aliphatic carbocycles. The van der Waals surface area contributed by atoms with Gasteiger partial charge in [0.2, 0.25) is 15.9 Å². The second-order valence-corrected chi connectivity index (χ2v) is 12.8. The van der Waals surface area contributed by atoms with E-state index in [0.717, 1.165) is 16.3 Å². The number of carbonyl (C=O) groups is 1. The molecule has 0 saturated carbocycles. The molecule has 1 amide bonds. The molecule has 2 aliphatic rings. The van der Waals surface area contributed by atoms with Crippen molar-refractivity contribution in [2.75, 3.05) is 30.3 Å². The topological polar surface area (TPSA) is 83.7 Å². The van der Waals surface area contributed by atoms with Crippen LogP contribution in [0.1, 0.15) is 36.8 Å². The average molecular weight is 556 g/mol. The van der Waals surface area contributed by atoms with Crippen LogP contribution >= 0.6 is 11.8 Å². The second-order valence-electron chi connectivity index (χ2n) is 9.83. The third kappa shape index (κ3) is 5.30. The number of anilines is 1. The highest BCUT2D eigenvalue weighted by atomic mass is 32.2. The van der Waals surface area contributed by atoms with Crippen molar-refractivity contribution in [1.82, 2.24) is 9.46 Å². The van der Waals surface area contributed by atoms with Crippen molar-refractivity contribution in [2.24, 2.45) is 11.8 Å². The van der Waals surface area contributed by atoms with Gasteiger partial charge < -0.3 is 9.42 Å². The van der Waals surface area contributed by atoms with Gasteiger partial charge in [0, 0.05) is 41.8 Å². The first-order valence-electron chi connectivity index (χ1n) is 12.7. The van der Waals surface area contributed by atoms with Gasteiger partial charge in [0.05, 0.1) is 5.69 Å². The molecule has 38 heavy (non-hydrogen) atoms. The summed E-state index contributed by atoms with van der Waals surface area (Å²) in [5, 5.41) is 3.87. The smallest absolute Gasteiger partial charge is 0.248 e. The van der Waals surface area contributed by atoms with E-state index < -0.39 is 15.8 Å².